The number of rotatable bonds is 5. The van der Waals surface area contributed by atoms with Crippen LogP contribution in [-0.4, -0.2) is 60.3 Å². The number of aromatic amines is 1. The molecule has 1 aliphatic rings. The first kappa shape index (κ1) is 18.0. The molecule has 26 heavy (non-hydrogen) atoms. The number of aromatic nitrogens is 2. The molecule has 1 amide bonds. The van der Waals surface area contributed by atoms with Crippen LogP contribution in [0.25, 0.3) is 0 Å². The Kier molecular flexibility index (Phi) is 5.55. The van der Waals surface area contributed by atoms with Crippen LogP contribution in [0.15, 0.2) is 30.5 Å². The van der Waals surface area contributed by atoms with Crippen molar-refractivity contribution in [3.8, 4) is 0 Å². The van der Waals surface area contributed by atoms with Gasteiger partial charge in [-0.05, 0) is 30.7 Å². The van der Waals surface area contributed by atoms with E-state index in [-0.39, 0.29) is 11.9 Å². The molecule has 0 atom stereocenters. The van der Waals surface area contributed by atoms with Crippen molar-refractivity contribution in [2.75, 3.05) is 38.2 Å². The highest BCUT2D eigenvalue weighted by molar-refractivity contribution is 5.95. The van der Waals surface area contributed by atoms with E-state index in [1.54, 1.807) is 18.3 Å². The number of amides is 1. The van der Waals surface area contributed by atoms with E-state index < -0.39 is 0 Å². The average Bonchev–Trinajstić information content (AvgIpc) is 3.15. The molecule has 1 aliphatic heterocycles. The highest BCUT2D eigenvalue weighted by atomic mass is 16.5. The standard InChI is InChI=1S/C19H24N4O3/c1-3-4-17-16(13-20-21-17)18(24)23-11-9-22(10-12-23)15-7-5-14(6-8-15)19(25)26-2/h5-8,13H,3-4,9-12H2,1-2H3,(H,20,21). The molecule has 3 rings (SSSR count). The third-order valence-electron chi connectivity index (χ3n) is 4.67. The highest BCUT2D eigenvalue weighted by Crippen LogP contribution is 2.19. The molecule has 0 bridgehead atoms. The van der Waals surface area contributed by atoms with Crippen LogP contribution in [0.2, 0.25) is 0 Å². The number of carbonyl (C=O) groups excluding carboxylic acids is 2. The number of ether oxygens (including phenoxy) is 1. The van der Waals surface area contributed by atoms with E-state index in [9.17, 15) is 9.59 Å². The van der Waals surface area contributed by atoms with Crippen LogP contribution >= 0.6 is 0 Å². The van der Waals surface area contributed by atoms with Crippen molar-refractivity contribution in [1.29, 1.82) is 0 Å². The predicted octanol–water partition coefficient (Wildman–Crippen LogP) is 2.11. The first-order valence-corrected chi connectivity index (χ1v) is 8.89. The quantitative estimate of drug-likeness (QED) is 0.830. The number of carbonyl (C=O) groups is 2. The number of aryl methyl sites for hydroxylation is 1. The third kappa shape index (κ3) is 3.71. The molecule has 2 heterocycles. The van der Waals surface area contributed by atoms with Gasteiger partial charge in [0, 0.05) is 37.6 Å². The molecule has 0 radical (unpaired) electrons. The summed E-state index contributed by atoms with van der Waals surface area (Å²) in [6.07, 6.45) is 3.43. The summed E-state index contributed by atoms with van der Waals surface area (Å²) in [4.78, 5) is 28.4. The summed E-state index contributed by atoms with van der Waals surface area (Å²) in [6, 6.07) is 7.36. The van der Waals surface area contributed by atoms with Crippen LogP contribution in [0, 0.1) is 0 Å². The lowest BCUT2D eigenvalue weighted by Crippen LogP contribution is -2.48. The first-order valence-electron chi connectivity index (χ1n) is 8.89. The molecule has 1 saturated heterocycles. The largest absolute Gasteiger partial charge is 0.465 e. The molecule has 1 fully saturated rings. The number of anilines is 1. The van der Waals surface area contributed by atoms with Gasteiger partial charge in [0.25, 0.3) is 5.91 Å². The Bertz CT molecular complexity index is 761. The number of nitrogens with one attached hydrogen (secondary N) is 1. The third-order valence-corrected chi connectivity index (χ3v) is 4.67. The van der Waals surface area contributed by atoms with Gasteiger partial charge in [-0.15, -0.1) is 0 Å². The molecule has 1 aromatic heterocycles. The summed E-state index contributed by atoms with van der Waals surface area (Å²) in [5.41, 5.74) is 3.18. The van der Waals surface area contributed by atoms with Crippen LogP contribution in [-0.2, 0) is 11.2 Å². The molecule has 7 heteroatoms. The van der Waals surface area contributed by atoms with Gasteiger partial charge < -0.3 is 14.5 Å². The van der Waals surface area contributed by atoms with E-state index >= 15 is 0 Å². The van der Waals surface area contributed by atoms with E-state index in [0.717, 1.165) is 37.3 Å². The van der Waals surface area contributed by atoms with Crippen LogP contribution in [0.1, 0.15) is 39.8 Å². The number of nitrogens with zero attached hydrogens (tertiary/aromatic N) is 3. The molecule has 0 unspecified atom stereocenters. The Hall–Kier alpha value is -2.83. The van der Waals surface area contributed by atoms with Gasteiger partial charge in [-0.1, -0.05) is 13.3 Å². The summed E-state index contributed by atoms with van der Waals surface area (Å²) in [7, 11) is 1.37. The minimum Gasteiger partial charge on any atom is -0.465 e. The maximum absolute atomic E-state index is 12.7. The second kappa shape index (κ2) is 8.03. The van der Waals surface area contributed by atoms with E-state index in [4.69, 9.17) is 4.74 Å². The summed E-state index contributed by atoms with van der Waals surface area (Å²) in [5, 5.41) is 6.96. The van der Waals surface area contributed by atoms with Gasteiger partial charge in [-0.2, -0.15) is 5.10 Å². The first-order chi connectivity index (χ1) is 12.6. The van der Waals surface area contributed by atoms with Crippen molar-refractivity contribution in [2.45, 2.75) is 19.8 Å². The van der Waals surface area contributed by atoms with Crippen molar-refractivity contribution < 1.29 is 14.3 Å². The van der Waals surface area contributed by atoms with E-state index in [1.165, 1.54) is 7.11 Å². The molecular weight excluding hydrogens is 332 g/mol. The number of benzene rings is 1. The lowest BCUT2D eigenvalue weighted by molar-refractivity contribution is 0.0600. The Balaban J connectivity index is 1.61. The maximum atomic E-state index is 12.7. The highest BCUT2D eigenvalue weighted by Gasteiger charge is 2.24. The molecule has 0 spiro atoms. The minimum absolute atomic E-state index is 0.0443. The number of hydrogen-bond donors (Lipinski definition) is 1. The van der Waals surface area contributed by atoms with Crippen LogP contribution in [0.4, 0.5) is 5.69 Å². The van der Waals surface area contributed by atoms with Crippen molar-refractivity contribution in [3.05, 3.63) is 47.3 Å². The number of hydrogen-bond acceptors (Lipinski definition) is 5. The van der Waals surface area contributed by atoms with Crippen LogP contribution < -0.4 is 4.90 Å². The van der Waals surface area contributed by atoms with Gasteiger partial charge in [0.15, 0.2) is 0 Å². The SMILES string of the molecule is CCCc1[nH]ncc1C(=O)N1CCN(c2ccc(C(=O)OC)cc2)CC1. The minimum atomic E-state index is -0.338. The summed E-state index contributed by atoms with van der Waals surface area (Å²) >= 11 is 0. The van der Waals surface area contributed by atoms with E-state index in [2.05, 4.69) is 22.0 Å². The van der Waals surface area contributed by atoms with Gasteiger partial charge >= 0.3 is 5.97 Å². The van der Waals surface area contributed by atoms with Gasteiger partial charge in [-0.25, -0.2) is 4.79 Å². The number of H-pyrrole nitrogens is 1. The maximum Gasteiger partial charge on any atom is 0.337 e. The monoisotopic (exact) mass is 356 g/mol. The second-order valence-electron chi connectivity index (χ2n) is 6.33. The van der Waals surface area contributed by atoms with Crippen molar-refractivity contribution in [1.82, 2.24) is 15.1 Å². The van der Waals surface area contributed by atoms with Gasteiger partial charge in [0.2, 0.25) is 0 Å². The van der Waals surface area contributed by atoms with Crippen molar-refractivity contribution >= 4 is 17.6 Å². The Morgan fingerprint density at radius 1 is 1.15 bits per heavy atom. The Morgan fingerprint density at radius 3 is 2.46 bits per heavy atom. The Labute approximate surface area is 152 Å². The zero-order valence-corrected chi connectivity index (χ0v) is 15.2. The van der Waals surface area contributed by atoms with Gasteiger partial charge in [0.1, 0.15) is 0 Å². The normalized spacial score (nSPS) is 14.4. The van der Waals surface area contributed by atoms with Gasteiger partial charge in [-0.3, -0.25) is 9.89 Å². The van der Waals surface area contributed by atoms with Crippen LogP contribution in [0.5, 0.6) is 0 Å². The smallest absolute Gasteiger partial charge is 0.337 e. The zero-order valence-electron chi connectivity index (χ0n) is 15.2. The average molecular weight is 356 g/mol. The Morgan fingerprint density at radius 2 is 1.85 bits per heavy atom. The zero-order chi connectivity index (χ0) is 18.5. The fourth-order valence-corrected chi connectivity index (χ4v) is 3.20. The lowest BCUT2D eigenvalue weighted by Gasteiger charge is -2.36. The lowest BCUT2D eigenvalue weighted by atomic mass is 10.1. The molecule has 1 aromatic carbocycles. The molecule has 138 valence electrons. The molecule has 0 saturated carbocycles. The summed E-state index contributed by atoms with van der Waals surface area (Å²) in [6.45, 7) is 4.91. The van der Waals surface area contributed by atoms with E-state index in [0.29, 0.717) is 24.2 Å². The fraction of sp³-hybridized carbons (Fsp3) is 0.421. The predicted molar refractivity (Wildman–Crippen MR) is 98.5 cm³/mol. The molecule has 7 nitrogen and oxygen atoms in total. The van der Waals surface area contributed by atoms with Gasteiger partial charge in [0.05, 0.1) is 24.4 Å². The summed E-state index contributed by atoms with van der Waals surface area (Å²) in [5.74, 6) is -0.294. The number of methoxy groups -OCH3 is 1. The molecule has 0 aliphatic carbocycles. The molecule has 1 N–H and O–H groups in total. The second-order valence-corrected chi connectivity index (χ2v) is 6.33. The van der Waals surface area contributed by atoms with Crippen LogP contribution in [0.3, 0.4) is 0 Å². The number of esters is 1. The van der Waals surface area contributed by atoms with Crippen molar-refractivity contribution in [2.24, 2.45) is 0 Å². The molecular formula is C19H24N4O3. The number of piperazine rings is 1. The topological polar surface area (TPSA) is 78.5 Å². The summed E-state index contributed by atoms with van der Waals surface area (Å²) < 4.78 is 4.72. The molecule has 2 aromatic rings. The fourth-order valence-electron chi connectivity index (χ4n) is 3.20. The van der Waals surface area contributed by atoms with Crippen molar-refractivity contribution in [3.63, 3.8) is 0 Å². The van der Waals surface area contributed by atoms with E-state index in [1.807, 2.05) is 17.0 Å².